The Morgan fingerprint density at radius 2 is 1.77 bits per heavy atom. The van der Waals surface area contributed by atoms with Crippen LogP contribution in [0.1, 0.15) is 91.9 Å². The molecule has 168 valence electrons. The van der Waals surface area contributed by atoms with Crippen LogP contribution in [0.15, 0.2) is 0 Å². The number of hydrogen-bond donors (Lipinski definition) is 1. The second-order valence-electron chi connectivity index (χ2n) is 11.6. The number of hydrogen-bond acceptors (Lipinski definition) is 3. The minimum Gasteiger partial charge on any atom is -0.481 e. The van der Waals surface area contributed by atoms with E-state index < -0.39 is 5.97 Å². The van der Waals surface area contributed by atoms with Crippen LogP contribution in [0.5, 0.6) is 0 Å². The van der Waals surface area contributed by atoms with Crippen molar-refractivity contribution in [2.75, 3.05) is 0 Å². The summed E-state index contributed by atoms with van der Waals surface area (Å²) in [7, 11) is 0. The van der Waals surface area contributed by atoms with E-state index in [9.17, 15) is 14.4 Å². The molecule has 0 aliphatic heterocycles. The van der Waals surface area contributed by atoms with E-state index in [1.807, 2.05) is 0 Å². The predicted octanol–water partition coefficient (Wildman–Crippen LogP) is 5.53. The van der Waals surface area contributed by atoms with Crippen LogP contribution in [0.2, 0.25) is 0 Å². The highest BCUT2D eigenvalue weighted by Crippen LogP contribution is 2.68. The van der Waals surface area contributed by atoms with Gasteiger partial charge in [0.25, 0.3) is 0 Å². The van der Waals surface area contributed by atoms with E-state index in [2.05, 4.69) is 27.7 Å². The number of aliphatic carboxylic acids is 1. The molecule has 9 atom stereocenters. The topological polar surface area (TPSA) is 71.4 Å². The van der Waals surface area contributed by atoms with E-state index in [0.29, 0.717) is 48.1 Å². The van der Waals surface area contributed by atoms with Crippen LogP contribution in [0.25, 0.3) is 0 Å². The summed E-state index contributed by atoms with van der Waals surface area (Å²) >= 11 is 0. The number of Topliss-reactive ketones (excluding diaryl/α,β-unsaturated/α-hetero) is 2. The number of carbonyl (C=O) groups excluding carboxylic acids is 2. The first kappa shape index (κ1) is 22.0. The molecule has 30 heavy (non-hydrogen) atoms. The van der Waals surface area contributed by atoms with E-state index in [4.69, 9.17) is 5.11 Å². The van der Waals surface area contributed by atoms with Crippen molar-refractivity contribution < 1.29 is 19.5 Å². The van der Waals surface area contributed by atoms with Gasteiger partial charge in [0.1, 0.15) is 11.6 Å². The van der Waals surface area contributed by atoms with Gasteiger partial charge in [-0.05, 0) is 85.4 Å². The lowest BCUT2D eigenvalue weighted by atomic mass is 9.42. The number of ketones is 2. The highest BCUT2D eigenvalue weighted by molar-refractivity contribution is 5.88. The van der Waals surface area contributed by atoms with Crippen LogP contribution in [0.4, 0.5) is 0 Å². The molecule has 4 rings (SSSR count). The summed E-state index contributed by atoms with van der Waals surface area (Å²) in [5.74, 6) is 2.34. The van der Waals surface area contributed by atoms with Gasteiger partial charge in [-0.15, -0.1) is 0 Å². The Kier molecular flexibility index (Phi) is 5.68. The molecular formula is C26H40O4. The summed E-state index contributed by atoms with van der Waals surface area (Å²) < 4.78 is 0. The molecule has 0 amide bonds. The average Bonchev–Trinajstić information content (AvgIpc) is 3.05. The van der Waals surface area contributed by atoms with E-state index in [1.165, 1.54) is 0 Å². The number of carboxylic acids is 1. The molecule has 0 aromatic heterocycles. The minimum atomic E-state index is -0.704. The van der Waals surface area contributed by atoms with Gasteiger partial charge in [-0.25, -0.2) is 0 Å². The highest BCUT2D eigenvalue weighted by Gasteiger charge is 2.65. The van der Waals surface area contributed by atoms with Crippen molar-refractivity contribution in [3.8, 4) is 0 Å². The van der Waals surface area contributed by atoms with Gasteiger partial charge < -0.3 is 5.11 Å². The van der Waals surface area contributed by atoms with Crippen molar-refractivity contribution >= 4 is 17.5 Å². The fourth-order valence-corrected chi connectivity index (χ4v) is 8.97. The molecular weight excluding hydrogens is 376 g/mol. The Labute approximate surface area is 181 Å². The Hall–Kier alpha value is -1.19. The molecule has 4 aliphatic carbocycles. The first-order valence-electron chi connectivity index (χ1n) is 12.4. The van der Waals surface area contributed by atoms with Crippen molar-refractivity contribution in [1.29, 1.82) is 0 Å². The average molecular weight is 417 g/mol. The Balaban J connectivity index is 1.63. The summed E-state index contributed by atoms with van der Waals surface area (Å²) in [6.45, 7) is 9.18. The van der Waals surface area contributed by atoms with Gasteiger partial charge in [-0.2, -0.15) is 0 Å². The maximum absolute atomic E-state index is 13.9. The molecule has 4 nitrogen and oxygen atoms in total. The second kappa shape index (κ2) is 7.74. The molecule has 0 aromatic carbocycles. The highest BCUT2D eigenvalue weighted by atomic mass is 16.4. The lowest BCUT2D eigenvalue weighted by Crippen LogP contribution is -2.60. The zero-order valence-corrected chi connectivity index (χ0v) is 19.3. The first-order valence-corrected chi connectivity index (χ1v) is 12.4. The van der Waals surface area contributed by atoms with Crippen molar-refractivity contribution in [2.24, 2.45) is 52.3 Å². The summed E-state index contributed by atoms with van der Waals surface area (Å²) in [4.78, 5) is 37.3. The van der Waals surface area contributed by atoms with Gasteiger partial charge in [-0.1, -0.05) is 27.7 Å². The van der Waals surface area contributed by atoms with Gasteiger partial charge in [0.15, 0.2) is 0 Å². The van der Waals surface area contributed by atoms with E-state index in [1.54, 1.807) is 0 Å². The fourth-order valence-electron chi connectivity index (χ4n) is 8.97. The summed E-state index contributed by atoms with van der Waals surface area (Å²) in [6.07, 6.45) is 8.61. The predicted molar refractivity (Wildman–Crippen MR) is 116 cm³/mol. The van der Waals surface area contributed by atoms with Crippen molar-refractivity contribution in [2.45, 2.75) is 91.9 Å². The third-order valence-electron chi connectivity index (χ3n) is 10.5. The Bertz CT molecular complexity index is 729. The monoisotopic (exact) mass is 416 g/mol. The van der Waals surface area contributed by atoms with Gasteiger partial charge in [0, 0.05) is 31.1 Å². The van der Waals surface area contributed by atoms with Gasteiger partial charge in [0.05, 0.1) is 0 Å². The Morgan fingerprint density at radius 1 is 1.07 bits per heavy atom. The van der Waals surface area contributed by atoms with Gasteiger partial charge >= 0.3 is 5.97 Å². The van der Waals surface area contributed by atoms with E-state index in [-0.39, 0.29) is 35.0 Å². The Morgan fingerprint density at radius 3 is 2.43 bits per heavy atom. The smallest absolute Gasteiger partial charge is 0.303 e. The first-order chi connectivity index (χ1) is 14.1. The standard InChI is InChI=1S/C26H40O4/c1-5-17-21-14-16(27)10-12-26(21,4)20-11-13-25(3)18(15(2)6-9-22(28)29)7-8-19(25)23(20)24(17)30/h15,17-21,23H,5-14H2,1-4H3,(H,28,29)/t15-,17-,18?,19?,20?,21+,23?,25-,26-/m1/s1. The molecule has 0 bridgehead atoms. The maximum Gasteiger partial charge on any atom is 0.303 e. The van der Waals surface area contributed by atoms with Crippen LogP contribution >= 0.6 is 0 Å². The molecule has 4 saturated carbocycles. The number of carboxylic acid groups (broad SMARTS) is 1. The zero-order chi connectivity index (χ0) is 21.8. The third-order valence-corrected chi connectivity index (χ3v) is 10.5. The molecule has 0 saturated heterocycles. The van der Waals surface area contributed by atoms with E-state index >= 15 is 0 Å². The molecule has 4 fully saturated rings. The molecule has 0 radical (unpaired) electrons. The third kappa shape index (κ3) is 3.19. The second-order valence-corrected chi connectivity index (χ2v) is 11.6. The zero-order valence-electron chi connectivity index (χ0n) is 19.3. The van der Waals surface area contributed by atoms with E-state index in [0.717, 1.165) is 44.9 Å². The summed E-state index contributed by atoms with van der Waals surface area (Å²) in [5, 5.41) is 9.14. The largest absolute Gasteiger partial charge is 0.481 e. The van der Waals surface area contributed by atoms with Crippen molar-refractivity contribution in [1.82, 2.24) is 0 Å². The number of fused-ring (bicyclic) bond motifs is 5. The molecule has 0 spiro atoms. The molecule has 4 heteroatoms. The number of rotatable bonds is 5. The fraction of sp³-hybridized carbons (Fsp3) is 0.885. The molecule has 4 aliphatic rings. The lowest BCUT2D eigenvalue weighted by molar-refractivity contribution is -0.169. The van der Waals surface area contributed by atoms with Crippen LogP contribution in [-0.2, 0) is 14.4 Å². The van der Waals surface area contributed by atoms with Crippen molar-refractivity contribution in [3.05, 3.63) is 0 Å². The summed E-state index contributed by atoms with van der Waals surface area (Å²) in [5.41, 5.74) is 0.280. The van der Waals surface area contributed by atoms with Crippen molar-refractivity contribution in [3.63, 3.8) is 0 Å². The lowest BCUT2D eigenvalue weighted by Gasteiger charge is -2.61. The molecule has 1 N–H and O–H groups in total. The van der Waals surface area contributed by atoms with Crippen LogP contribution < -0.4 is 0 Å². The summed E-state index contributed by atoms with van der Waals surface area (Å²) in [6, 6.07) is 0. The van der Waals surface area contributed by atoms with Crippen LogP contribution in [0.3, 0.4) is 0 Å². The maximum atomic E-state index is 13.9. The molecule has 0 heterocycles. The quantitative estimate of drug-likeness (QED) is 0.639. The normalized spacial score (nSPS) is 46.7. The van der Waals surface area contributed by atoms with Crippen LogP contribution in [0, 0.1) is 52.3 Å². The minimum absolute atomic E-state index is 0.0475. The van der Waals surface area contributed by atoms with Gasteiger partial charge in [-0.3, -0.25) is 14.4 Å². The van der Waals surface area contributed by atoms with Gasteiger partial charge in [0.2, 0.25) is 0 Å². The van der Waals surface area contributed by atoms with Crippen LogP contribution in [-0.4, -0.2) is 22.6 Å². The SMILES string of the molecule is CC[C@H]1C(=O)C2C3CCC([C@H](C)CCC(=O)O)[C@@]3(C)CCC2[C@@]2(C)CCC(=O)C[C@@H]12. The molecule has 4 unspecified atom stereocenters. The number of carbonyl (C=O) groups is 3. The molecule has 0 aromatic rings.